The van der Waals surface area contributed by atoms with Crippen LogP contribution in [0.15, 0.2) is 5.31 Å². The molecule has 0 amide bonds. The number of nitrogens with one attached hydrogen (secondary N) is 1. The van der Waals surface area contributed by atoms with Crippen LogP contribution in [0.2, 0.25) is 0 Å². The molecule has 0 atom stereocenters. The molecule has 0 aromatic rings. The van der Waals surface area contributed by atoms with Crippen LogP contribution in [-0.2, 0) is 23.1 Å². The summed E-state index contributed by atoms with van der Waals surface area (Å²) in [5, 5.41) is 6.46. The molecule has 0 radical (unpaired) electrons. The van der Waals surface area contributed by atoms with Crippen LogP contribution in [0.1, 0.15) is 20.8 Å². The molecule has 7 heteroatoms. The number of rotatable bonds is 7. The maximum absolute atomic E-state index is 12.1. The van der Waals surface area contributed by atoms with E-state index >= 15 is 0 Å². The topological polar surface area (TPSA) is 85.7 Å². The minimum Gasteiger partial charge on any atom is -0.462 e. The lowest BCUT2D eigenvalue weighted by atomic mass is 10.6. The van der Waals surface area contributed by atoms with E-state index in [4.69, 9.17) is 14.5 Å². The molecule has 0 rings (SSSR count). The van der Waals surface area contributed by atoms with Gasteiger partial charge in [0.15, 0.2) is 0 Å². The van der Waals surface area contributed by atoms with Crippen molar-refractivity contribution >= 4 is 19.4 Å². The number of ether oxygens (including phenoxy) is 1. The predicted molar refractivity (Wildman–Crippen MR) is 58.7 cm³/mol. The SMILES string of the molecule is CCOC(=O)C(=C=N)P(=O)(OCC)OCC. The van der Waals surface area contributed by atoms with E-state index in [-0.39, 0.29) is 19.8 Å². The van der Waals surface area contributed by atoms with E-state index in [1.807, 2.05) is 0 Å². The zero-order valence-electron chi connectivity index (χ0n) is 9.61. The average Bonchev–Trinajstić information content (AvgIpc) is 2.19. The molecule has 0 aliphatic heterocycles. The molecule has 0 aromatic carbocycles. The van der Waals surface area contributed by atoms with E-state index in [9.17, 15) is 9.36 Å². The summed E-state index contributed by atoms with van der Waals surface area (Å²) in [6.45, 7) is 5.13. The summed E-state index contributed by atoms with van der Waals surface area (Å²) in [7, 11) is -3.77. The molecule has 0 unspecified atom stereocenters. The van der Waals surface area contributed by atoms with Crippen molar-refractivity contribution in [3.63, 3.8) is 0 Å². The van der Waals surface area contributed by atoms with Crippen molar-refractivity contribution < 1.29 is 23.1 Å². The Bertz CT molecular complexity index is 325. The summed E-state index contributed by atoms with van der Waals surface area (Å²) >= 11 is 0. The van der Waals surface area contributed by atoms with Crippen LogP contribution in [0, 0.1) is 5.41 Å². The van der Waals surface area contributed by atoms with Crippen LogP contribution in [0.25, 0.3) is 0 Å². The van der Waals surface area contributed by atoms with Crippen LogP contribution < -0.4 is 0 Å². The first-order valence-electron chi connectivity index (χ1n) is 4.92. The van der Waals surface area contributed by atoms with Crippen molar-refractivity contribution in [1.29, 1.82) is 5.41 Å². The van der Waals surface area contributed by atoms with Gasteiger partial charge in [-0.05, 0) is 20.8 Å². The first kappa shape index (κ1) is 15.1. The van der Waals surface area contributed by atoms with E-state index in [1.54, 1.807) is 26.6 Å². The van der Waals surface area contributed by atoms with Gasteiger partial charge in [-0.3, -0.25) is 9.97 Å². The van der Waals surface area contributed by atoms with Gasteiger partial charge < -0.3 is 13.8 Å². The largest absolute Gasteiger partial charge is 0.462 e. The monoisotopic (exact) mass is 249 g/mol. The van der Waals surface area contributed by atoms with Crippen LogP contribution in [0.3, 0.4) is 0 Å². The van der Waals surface area contributed by atoms with Gasteiger partial charge in [0.1, 0.15) is 0 Å². The second kappa shape index (κ2) is 7.36. The normalized spacial score (nSPS) is 10.7. The highest BCUT2D eigenvalue weighted by Gasteiger charge is 2.36. The zero-order valence-corrected chi connectivity index (χ0v) is 10.5. The zero-order chi connectivity index (χ0) is 12.6. The molecule has 0 aromatic heterocycles. The number of esters is 1. The fourth-order valence-electron chi connectivity index (χ4n) is 0.937. The Hall–Kier alpha value is -0.930. The highest BCUT2D eigenvalue weighted by Crippen LogP contribution is 2.55. The molecular weight excluding hydrogens is 233 g/mol. The number of hydrogen-bond donors (Lipinski definition) is 1. The van der Waals surface area contributed by atoms with Crippen molar-refractivity contribution in [2.75, 3.05) is 19.8 Å². The minimum absolute atomic E-state index is 0.0991. The smallest absolute Gasteiger partial charge is 0.378 e. The Kier molecular flexibility index (Phi) is 6.93. The Morgan fingerprint density at radius 3 is 2.00 bits per heavy atom. The highest BCUT2D eigenvalue weighted by molar-refractivity contribution is 7.60. The Morgan fingerprint density at radius 1 is 1.19 bits per heavy atom. The minimum atomic E-state index is -3.77. The molecule has 0 aliphatic rings. The van der Waals surface area contributed by atoms with Gasteiger partial charge in [-0.25, -0.2) is 4.79 Å². The Balaban J connectivity index is 5.09. The fourth-order valence-corrected chi connectivity index (χ4v) is 2.37. The van der Waals surface area contributed by atoms with E-state index < -0.39 is 18.9 Å². The first-order chi connectivity index (χ1) is 7.55. The van der Waals surface area contributed by atoms with Gasteiger partial charge in [0.2, 0.25) is 5.31 Å². The van der Waals surface area contributed by atoms with Gasteiger partial charge in [-0.1, -0.05) is 0 Å². The molecule has 6 nitrogen and oxygen atoms in total. The molecule has 0 spiro atoms. The van der Waals surface area contributed by atoms with Crippen molar-refractivity contribution in [2.45, 2.75) is 20.8 Å². The lowest BCUT2D eigenvalue weighted by Gasteiger charge is -2.16. The van der Waals surface area contributed by atoms with E-state index in [0.717, 1.165) is 0 Å². The Labute approximate surface area is 94.6 Å². The molecular formula is C9H16NO5P. The molecule has 92 valence electrons. The van der Waals surface area contributed by atoms with Crippen molar-refractivity contribution in [3.8, 4) is 0 Å². The molecule has 1 N–H and O–H groups in total. The second-order valence-electron chi connectivity index (χ2n) is 2.53. The third-order valence-corrected chi connectivity index (χ3v) is 3.50. The van der Waals surface area contributed by atoms with Gasteiger partial charge in [0.25, 0.3) is 0 Å². The first-order valence-corrected chi connectivity index (χ1v) is 6.46. The summed E-state index contributed by atoms with van der Waals surface area (Å²) < 4.78 is 26.5. The van der Waals surface area contributed by atoms with Crippen LogP contribution >= 0.6 is 7.60 Å². The molecule has 0 heterocycles. The second-order valence-corrected chi connectivity index (χ2v) is 4.49. The predicted octanol–water partition coefficient (Wildman–Crippen LogP) is 1.95. The van der Waals surface area contributed by atoms with E-state index in [2.05, 4.69) is 4.74 Å². The van der Waals surface area contributed by atoms with E-state index in [1.165, 1.54) is 0 Å². The van der Waals surface area contributed by atoms with E-state index in [0.29, 0.717) is 0 Å². The van der Waals surface area contributed by atoms with Crippen LogP contribution in [0.4, 0.5) is 0 Å². The molecule has 0 saturated heterocycles. The van der Waals surface area contributed by atoms with Gasteiger partial charge in [-0.15, -0.1) is 0 Å². The lowest BCUT2D eigenvalue weighted by molar-refractivity contribution is -0.137. The maximum atomic E-state index is 12.1. The highest BCUT2D eigenvalue weighted by atomic mass is 31.2. The van der Waals surface area contributed by atoms with Crippen LogP contribution in [-0.4, -0.2) is 31.7 Å². The molecule has 0 saturated carbocycles. The quantitative estimate of drug-likeness (QED) is 0.322. The van der Waals surface area contributed by atoms with Crippen LogP contribution in [0.5, 0.6) is 0 Å². The van der Waals surface area contributed by atoms with Gasteiger partial charge >= 0.3 is 13.6 Å². The van der Waals surface area contributed by atoms with Gasteiger partial charge in [0.05, 0.1) is 19.8 Å². The summed E-state index contributed by atoms with van der Waals surface area (Å²) in [5.41, 5.74) is 0. The maximum Gasteiger partial charge on any atom is 0.378 e. The number of carbonyl (C=O) groups excluding carboxylic acids is 1. The summed E-state index contributed by atoms with van der Waals surface area (Å²) in [4.78, 5) is 11.4. The number of hydrogen-bond acceptors (Lipinski definition) is 6. The standard InChI is InChI=1S/C9H16NO5P/c1-4-13-9(11)8(7-10)16(12,14-5-2)15-6-3/h10H,4-6H2,1-3H3. The summed E-state index contributed by atoms with van der Waals surface area (Å²) in [6.07, 6.45) is 0. The Morgan fingerprint density at radius 2 is 1.69 bits per heavy atom. The fraction of sp³-hybridized carbons (Fsp3) is 0.667. The van der Waals surface area contributed by atoms with Gasteiger partial charge in [0, 0.05) is 5.87 Å². The third-order valence-electron chi connectivity index (χ3n) is 1.46. The molecule has 0 aliphatic carbocycles. The summed E-state index contributed by atoms with van der Waals surface area (Å²) in [5.74, 6) is 0.876. The molecule has 0 bridgehead atoms. The van der Waals surface area contributed by atoms with Crippen molar-refractivity contribution in [2.24, 2.45) is 0 Å². The van der Waals surface area contributed by atoms with Crippen molar-refractivity contribution in [3.05, 3.63) is 5.31 Å². The summed E-state index contributed by atoms with van der Waals surface area (Å²) in [6, 6.07) is 0. The lowest BCUT2D eigenvalue weighted by Crippen LogP contribution is -2.12. The molecule has 0 fully saturated rings. The molecule has 16 heavy (non-hydrogen) atoms. The average molecular weight is 249 g/mol. The van der Waals surface area contributed by atoms with Gasteiger partial charge in [-0.2, -0.15) is 0 Å². The number of carbonyl (C=O) groups is 1. The van der Waals surface area contributed by atoms with Crippen molar-refractivity contribution in [1.82, 2.24) is 0 Å². The third kappa shape index (κ3) is 3.91.